The zero-order valence-corrected chi connectivity index (χ0v) is 19.3. The third-order valence-electron chi connectivity index (χ3n) is 5.55. The molecule has 0 unspecified atom stereocenters. The van der Waals surface area contributed by atoms with Crippen LogP contribution >= 0.6 is 0 Å². The van der Waals surface area contributed by atoms with Crippen molar-refractivity contribution in [3.8, 4) is 0 Å². The number of ether oxygens (including phenoxy) is 1. The molecule has 0 radical (unpaired) electrons. The van der Waals surface area contributed by atoms with E-state index in [1.807, 2.05) is 11.9 Å². The Labute approximate surface area is 192 Å². The molecule has 1 aliphatic carbocycles. The molecule has 1 heterocycles. The summed E-state index contributed by atoms with van der Waals surface area (Å²) in [4.78, 5) is 17.0. The molecule has 1 aliphatic heterocycles. The minimum absolute atomic E-state index is 0.0133. The number of rotatable bonds is 10. The smallest absolute Gasteiger partial charge is 0.293 e. The number of nitrogens with one attached hydrogen (secondary N) is 2. The first-order chi connectivity index (χ1) is 15.6. The van der Waals surface area contributed by atoms with Crippen LogP contribution in [0.4, 0.5) is 14.5 Å². The first-order valence-corrected chi connectivity index (χ1v) is 12.3. The van der Waals surface area contributed by atoms with E-state index in [1.165, 1.54) is 0 Å². The average molecular weight is 487 g/mol. The molecule has 33 heavy (non-hydrogen) atoms. The highest BCUT2D eigenvalue weighted by molar-refractivity contribution is 7.85. The van der Waals surface area contributed by atoms with Gasteiger partial charge in [-0.05, 0) is 37.4 Å². The molecule has 12 heteroatoms. The Balaban J connectivity index is 1.75. The highest BCUT2D eigenvalue weighted by atomic mass is 32.2. The van der Waals surface area contributed by atoms with Gasteiger partial charge in [0, 0.05) is 44.1 Å². The quantitative estimate of drug-likeness (QED) is 0.224. The van der Waals surface area contributed by atoms with Gasteiger partial charge in [0.15, 0.2) is 0 Å². The van der Waals surface area contributed by atoms with Gasteiger partial charge in [0.25, 0.3) is 16.0 Å². The maximum Gasteiger partial charge on any atom is 0.293 e. The van der Waals surface area contributed by atoms with E-state index in [0.717, 1.165) is 37.7 Å². The molecular formula is C21H28F2N4O5S. The maximum atomic E-state index is 13.6. The van der Waals surface area contributed by atoms with E-state index in [9.17, 15) is 22.0 Å². The predicted octanol–water partition coefficient (Wildman–Crippen LogP) is 1.64. The topological polar surface area (TPSA) is 112 Å². The fourth-order valence-electron chi connectivity index (χ4n) is 3.54. The molecule has 1 aromatic carbocycles. The van der Waals surface area contributed by atoms with Crippen LogP contribution in [0, 0.1) is 28.9 Å². The summed E-state index contributed by atoms with van der Waals surface area (Å²) in [6, 6.07) is 2.66. The molecule has 3 rings (SSSR count). The lowest BCUT2D eigenvalue weighted by Crippen LogP contribution is -2.45. The number of carbonyl (C=O) groups is 1. The van der Waals surface area contributed by atoms with Crippen LogP contribution in [0.15, 0.2) is 29.7 Å². The molecule has 9 nitrogen and oxygen atoms in total. The average Bonchev–Trinajstić information content (AvgIpc) is 3.47. The van der Waals surface area contributed by atoms with Gasteiger partial charge in [-0.25, -0.2) is 8.78 Å². The second-order valence-corrected chi connectivity index (χ2v) is 9.96. The summed E-state index contributed by atoms with van der Waals surface area (Å²) in [5, 5.41) is 10.3. The van der Waals surface area contributed by atoms with E-state index in [2.05, 4.69) is 10.2 Å². The Bertz CT molecular complexity index is 1010. The third-order valence-corrected chi connectivity index (χ3v) is 6.11. The predicted molar refractivity (Wildman–Crippen MR) is 118 cm³/mol. The third kappa shape index (κ3) is 7.47. The van der Waals surface area contributed by atoms with Crippen molar-refractivity contribution in [1.82, 2.24) is 9.80 Å². The number of benzene rings is 1. The standard InChI is InChI=1S/C21H28F2N4O5S/c1-26-3-5-27(6-4-26)19(11-24)20(21(28)25-18-9-16(22)8-17(23)10-18)31-12-14-7-15(14)13-32-33(2,29)30/h8-11,14-15,24H,3-7,12-13H2,1-2H3,(H,25,28)/b20-19-,24-11?/t14-,15-/m1/s1. The van der Waals surface area contributed by atoms with Crippen LogP contribution in [-0.2, 0) is 23.8 Å². The molecule has 2 N–H and O–H groups in total. The number of allylic oxidation sites excluding steroid dienone is 1. The minimum Gasteiger partial charge on any atom is -0.486 e. The second kappa shape index (κ2) is 10.6. The number of piperazine rings is 1. The van der Waals surface area contributed by atoms with Crippen LogP contribution < -0.4 is 5.32 Å². The molecule has 0 bridgehead atoms. The number of carbonyl (C=O) groups excluding carboxylic acids is 1. The largest absolute Gasteiger partial charge is 0.486 e. The van der Waals surface area contributed by atoms with E-state index >= 15 is 0 Å². The molecule has 0 aromatic heterocycles. The van der Waals surface area contributed by atoms with Crippen molar-refractivity contribution in [2.75, 3.05) is 58.0 Å². The summed E-state index contributed by atoms with van der Waals surface area (Å²) in [6.45, 7) is 2.76. The zero-order chi connectivity index (χ0) is 24.2. The Morgan fingerprint density at radius 2 is 1.76 bits per heavy atom. The van der Waals surface area contributed by atoms with Gasteiger partial charge in [-0.15, -0.1) is 0 Å². The number of hydrogen-bond donors (Lipinski definition) is 2. The molecule has 0 spiro atoms. The monoisotopic (exact) mass is 486 g/mol. The molecule has 2 fully saturated rings. The van der Waals surface area contributed by atoms with Gasteiger partial charge in [-0.3, -0.25) is 8.98 Å². The van der Waals surface area contributed by atoms with E-state index in [1.54, 1.807) is 0 Å². The van der Waals surface area contributed by atoms with E-state index < -0.39 is 27.7 Å². The van der Waals surface area contributed by atoms with Crippen molar-refractivity contribution in [3.05, 3.63) is 41.3 Å². The van der Waals surface area contributed by atoms with Crippen LogP contribution in [0.5, 0.6) is 0 Å². The van der Waals surface area contributed by atoms with Gasteiger partial charge in [0.1, 0.15) is 17.3 Å². The lowest BCUT2D eigenvalue weighted by molar-refractivity contribution is -0.116. The molecular weight excluding hydrogens is 458 g/mol. The van der Waals surface area contributed by atoms with Crippen molar-refractivity contribution in [3.63, 3.8) is 0 Å². The highest BCUT2D eigenvalue weighted by Crippen LogP contribution is 2.39. The molecule has 1 amide bonds. The van der Waals surface area contributed by atoms with E-state index in [-0.39, 0.29) is 42.2 Å². The van der Waals surface area contributed by atoms with Gasteiger partial charge in [0.2, 0.25) is 5.76 Å². The Morgan fingerprint density at radius 1 is 1.15 bits per heavy atom. The fraction of sp³-hybridized carbons (Fsp3) is 0.524. The number of nitrogens with zero attached hydrogens (tertiary/aromatic N) is 2. The van der Waals surface area contributed by atoms with Crippen molar-refractivity contribution in [2.24, 2.45) is 11.8 Å². The zero-order valence-electron chi connectivity index (χ0n) is 18.5. The second-order valence-electron chi connectivity index (χ2n) is 8.32. The van der Waals surface area contributed by atoms with Crippen LogP contribution in [-0.4, -0.2) is 83.0 Å². The van der Waals surface area contributed by atoms with Crippen LogP contribution in [0.2, 0.25) is 0 Å². The lowest BCUT2D eigenvalue weighted by atomic mass is 10.2. The van der Waals surface area contributed by atoms with Gasteiger partial charge in [-0.1, -0.05) is 0 Å². The van der Waals surface area contributed by atoms with Gasteiger partial charge < -0.3 is 25.3 Å². The van der Waals surface area contributed by atoms with Crippen molar-refractivity contribution in [1.29, 1.82) is 5.41 Å². The van der Waals surface area contributed by atoms with Crippen molar-refractivity contribution < 1.29 is 30.9 Å². The van der Waals surface area contributed by atoms with Gasteiger partial charge in [-0.2, -0.15) is 8.42 Å². The molecule has 1 aromatic rings. The summed E-state index contributed by atoms with van der Waals surface area (Å²) < 4.78 is 60.1. The van der Waals surface area contributed by atoms with E-state index in [4.69, 9.17) is 14.3 Å². The Hall–Kier alpha value is -2.57. The van der Waals surface area contributed by atoms with Crippen LogP contribution in [0.25, 0.3) is 0 Å². The van der Waals surface area contributed by atoms with E-state index in [0.29, 0.717) is 25.6 Å². The van der Waals surface area contributed by atoms with Gasteiger partial charge >= 0.3 is 0 Å². The SMILES string of the molecule is CN1CCN(/C(C=N)=C(\OC[C@H]2C[C@@H]2COS(C)(=O)=O)C(=O)Nc2cc(F)cc(F)c2)CC1. The summed E-state index contributed by atoms with van der Waals surface area (Å²) in [5.41, 5.74) is 0.189. The Kier molecular flexibility index (Phi) is 8.03. The normalized spacial score (nSPS) is 21.9. The van der Waals surface area contributed by atoms with Crippen LogP contribution in [0.3, 0.4) is 0 Å². The Morgan fingerprint density at radius 3 is 2.33 bits per heavy atom. The molecule has 182 valence electrons. The minimum atomic E-state index is -3.54. The number of halogens is 2. The summed E-state index contributed by atoms with van der Waals surface area (Å²) in [5.74, 6) is -2.57. The molecule has 2 aliphatic rings. The summed E-state index contributed by atoms with van der Waals surface area (Å²) in [6.07, 6.45) is 2.69. The number of likely N-dealkylation sites (N-methyl/N-ethyl adjacent to an activating group) is 1. The summed E-state index contributed by atoms with van der Waals surface area (Å²) >= 11 is 0. The fourth-order valence-corrected chi connectivity index (χ4v) is 3.96. The van der Waals surface area contributed by atoms with Crippen LogP contribution in [0.1, 0.15) is 6.42 Å². The van der Waals surface area contributed by atoms with Gasteiger partial charge in [0.05, 0.1) is 19.5 Å². The summed E-state index contributed by atoms with van der Waals surface area (Å²) in [7, 11) is -1.57. The number of hydrogen-bond acceptors (Lipinski definition) is 8. The van der Waals surface area contributed by atoms with Crippen molar-refractivity contribution in [2.45, 2.75) is 6.42 Å². The molecule has 1 saturated carbocycles. The lowest BCUT2D eigenvalue weighted by Gasteiger charge is -2.35. The molecule has 2 atom stereocenters. The highest BCUT2D eigenvalue weighted by Gasteiger charge is 2.39. The number of amides is 1. The first-order valence-electron chi connectivity index (χ1n) is 10.5. The van der Waals surface area contributed by atoms with Crippen molar-refractivity contribution >= 4 is 27.9 Å². The number of anilines is 1. The maximum absolute atomic E-state index is 13.6. The molecule has 1 saturated heterocycles. The first kappa shape index (κ1) is 25.1.